The molecule has 4 nitrogen and oxygen atoms in total. The van der Waals surface area contributed by atoms with Crippen LogP contribution in [0.1, 0.15) is 66.5 Å². The lowest BCUT2D eigenvalue weighted by Crippen LogP contribution is -2.11. The van der Waals surface area contributed by atoms with Crippen molar-refractivity contribution in [2.45, 2.75) is 51.0 Å². The minimum atomic E-state index is -0.421. The summed E-state index contributed by atoms with van der Waals surface area (Å²) in [5.74, 6) is 1.85. The van der Waals surface area contributed by atoms with Crippen molar-refractivity contribution in [1.82, 2.24) is 4.98 Å². The van der Waals surface area contributed by atoms with E-state index < -0.39 is 6.10 Å². The van der Waals surface area contributed by atoms with E-state index in [0.29, 0.717) is 29.7 Å². The number of hydrogen-bond donors (Lipinski definition) is 1. The second-order valence-electron chi connectivity index (χ2n) is 10.9. The molecule has 0 amide bonds. The standard InChI is InChI=1S/C35H36ClNO3S/c1-24(38)19-28-6-2-3-8-32(28)33(17-18-41-23-40-35(39)21-26-9-10-26)29-7-4-5-25(20-29)11-15-31-16-13-27-12-14-30(36)22-34(27)37-31/h2-8,11-16,20,22,24,26,33,38H,9-10,17-19,21,23H2,1H3/b15-11+. The summed E-state index contributed by atoms with van der Waals surface area (Å²) < 4.78 is 5.46. The third kappa shape index (κ3) is 8.68. The van der Waals surface area contributed by atoms with Crippen LogP contribution in [-0.2, 0) is 16.0 Å². The molecule has 41 heavy (non-hydrogen) atoms. The number of fused-ring (bicyclic) bond motifs is 1. The number of carbonyl (C=O) groups is 1. The Kier molecular flexibility index (Phi) is 10.2. The van der Waals surface area contributed by atoms with E-state index in [1.807, 2.05) is 43.3 Å². The zero-order chi connectivity index (χ0) is 28.6. The van der Waals surface area contributed by atoms with Gasteiger partial charge in [-0.25, -0.2) is 4.98 Å². The molecule has 1 aliphatic rings. The van der Waals surface area contributed by atoms with Gasteiger partial charge in [-0.3, -0.25) is 4.79 Å². The first-order valence-electron chi connectivity index (χ1n) is 14.3. The van der Waals surface area contributed by atoms with Crippen molar-refractivity contribution in [3.8, 4) is 0 Å². The summed E-state index contributed by atoms with van der Waals surface area (Å²) in [4.78, 5) is 16.7. The van der Waals surface area contributed by atoms with Gasteiger partial charge in [0.1, 0.15) is 5.94 Å². The van der Waals surface area contributed by atoms with Crippen molar-refractivity contribution < 1.29 is 14.6 Å². The largest absolute Gasteiger partial charge is 0.455 e. The number of hydrogen-bond acceptors (Lipinski definition) is 5. The van der Waals surface area contributed by atoms with Crippen LogP contribution < -0.4 is 0 Å². The number of benzene rings is 3. The molecule has 2 unspecified atom stereocenters. The third-order valence-electron chi connectivity index (χ3n) is 7.39. The molecular formula is C35H36ClNO3S. The van der Waals surface area contributed by atoms with Crippen LogP contribution in [0.2, 0.25) is 5.02 Å². The van der Waals surface area contributed by atoms with E-state index in [9.17, 15) is 9.90 Å². The van der Waals surface area contributed by atoms with Crippen molar-refractivity contribution in [2.75, 3.05) is 11.7 Å². The number of aliphatic hydroxyl groups excluding tert-OH is 1. The SMILES string of the molecule is CC(O)Cc1ccccc1C(CCSCOC(=O)CC1CC1)c1cccc(/C=C/c2ccc3ccc(Cl)cc3n2)c1. The minimum Gasteiger partial charge on any atom is -0.455 e. The van der Waals surface area contributed by atoms with Gasteiger partial charge in [0.2, 0.25) is 0 Å². The first kappa shape index (κ1) is 29.4. The highest BCUT2D eigenvalue weighted by Crippen LogP contribution is 2.34. The van der Waals surface area contributed by atoms with Crippen LogP contribution in [0.25, 0.3) is 23.1 Å². The van der Waals surface area contributed by atoms with Gasteiger partial charge >= 0.3 is 5.97 Å². The predicted molar refractivity (Wildman–Crippen MR) is 171 cm³/mol. The molecule has 1 fully saturated rings. The lowest BCUT2D eigenvalue weighted by Gasteiger charge is -2.22. The van der Waals surface area contributed by atoms with Crippen LogP contribution in [0.5, 0.6) is 0 Å². The van der Waals surface area contributed by atoms with Crippen LogP contribution >= 0.6 is 23.4 Å². The van der Waals surface area contributed by atoms with Gasteiger partial charge in [-0.1, -0.05) is 78.3 Å². The van der Waals surface area contributed by atoms with Crippen molar-refractivity contribution in [3.63, 3.8) is 0 Å². The first-order chi connectivity index (χ1) is 19.9. The number of rotatable bonds is 13. The smallest absolute Gasteiger partial charge is 0.306 e. The predicted octanol–water partition coefficient (Wildman–Crippen LogP) is 8.54. The van der Waals surface area contributed by atoms with E-state index >= 15 is 0 Å². The Morgan fingerprint density at radius 2 is 1.90 bits per heavy atom. The molecule has 0 aliphatic heterocycles. The second kappa shape index (κ2) is 14.2. The zero-order valence-electron chi connectivity index (χ0n) is 23.3. The monoisotopic (exact) mass is 585 g/mol. The molecule has 0 spiro atoms. The molecule has 4 aromatic rings. The third-order valence-corrected chi connectivity index (χ3v) is 8.43. The number of thioether (sulfide) groups is 1. The lowest BCUT2D eigenvalue weighted by atomic mass is 9.84. The second-order valence-corrected chi connectivity index (χ2v) is 12.3. The molecule has 5 rings (SSSR count). The maximum Gasteiger partial charge on any atom is 0.306 e. The number of nitrogens with zero attached hydrogens (tertiary/aromatic N) is 1. The van der Waals surface area contributed by atoms with Gasteiger partial charge in [0.05, 0.1) is 17.3 Å². The molecule has 1 saturated carbocycles. The van der Waals surface area contributed by atoms with Gasteiger partial charge in [-0.05, 0) is 90.8 Å². The van der Waals surface area contributed by atoms with E-state index in [0.717, 1.165) is 52.7 Å². The van der Waals surface area contributed by atoms with E-state index in [1.165, 1.54) is 11.1 Å². The number of pyridine rings is 1. The van der Waals surface area contributed by atoms with Crippen LogP contribution in [0.15, 0.2) is 78.9 Å². The molecular weight excluding hydrogens is 550 g/mol. The molecule has 0 radical (unpaired) electrons. The van der Waals surface area contributed by atoms with Gasteiger partial charge < -0.3 is 9.84 Å². The van der Waals surface area contributed by atoms with Gasteiger partial charge in [0.15, 0.2) is 0 Å². The van der Waals surface area contributed by atoms with Crippen molar-refractivity contribution >= 4 is 52.4 Å². The summed E-state index contributed by atoms with van der Waals surface area (Å²) in [6, 6.07) is 26.8. The van der Waals surface area contributed by atoms with Crippen LogP contribution in [0.3, 0.4) is 0 Å². The summed E-state index contributed by atoms with van der Waals surface area (Å²) in [6.07, 6.45) is 8.05. The van der Waals surface area contributed by atoms with E-state index in [1.54, 1.807) is 11.8 Å². The Morgan fingerprint density at radius 1 is 1.07 bits per heavy atom. The Balaban J connectivity index is 1.33. The molecule has 6 heteroatoms. The average Bonchev–Trinajstić information content (AvgIpc) is 3.78. The van der Waals surface area contributed by atoms with E-state index in [-0.39, 0.29) is 11.9 Å². The molecule has 1 heterocycles. The number of halogens is 1. The van der Waals surface area contributed by atoms with Gasteiger partial charge in [0.25, 0.3) is 0 Å². The maximum atomic E-state index is 12.0. The summed E-state index contributed by atoms with van der Waals surface area (Å²) in [6.45, 7) is 1.83. The van der Waals surface area contributed by atoms with Gasteiger partial charge in [-0.2, -0.15) is 0 Å². The quantitative estimate of drug-likeness (QED) is 0.0967. The highest BCUT2D eigenvalue weighted by Gasteiger charge is 2.25. The normalized spacial score (nSPS) is 14.8. The Morgan fingerprint density at radius 3 is 2.73 bits per heavy atom. The topological polar surface area (TPSA) is 59.4 Å². The Hall–Kier alpha value is -3.12. The highest BCUT2D eigenvalue weighted by atomic mass is 35.5. The van der Waals surface area contributed by atoms with Crippen molar-refractivity contribution in [2.24, 2.45) is 5.92 Å². The van der Waals surface area contributed by atoms with Crippen LogP contribution in [0, 0.1) is 5.92 Å². The van der Waals surface area contributed by atoms with Crippen LogP contribution in [-0.4, -0.2) is 33.9 Å². The Bertz CT molecular complexity index is 1510. The Labute approximate surface area is 251 Å². The number of esters is 1. The molecule has 0 bridgehead atoms. The number of aromatic nitrogens is 1. The van der Waals surface area contributed by atoms with Crippen molar-refractivity contribution in [1.29, 1.82) is 0 Å². The number of aliphatic hydroxyl groups is 1. The average molecular weight is 586 g/mol. The first-order valence-corrected chi connectivity index (χ1v) is 15.8. The van der Waals surface area contributed by atoms with E-state index in [2.05, 4.69) is 54.6 Å². The summed E-state index contributed by atoms with van der Waals surface area (Å²) in [5.41, 5.74) is 6.45. The molecule has 1 aromatic heterocycles. The number of carbonyl (C=O) groups excluding carboxylic acids is 1. The fraction of sp³-hybridized carbons (Fsp3) is 0.314. The zero-order valence-corrected chi connectivity index (χ0v) is 24.9. The molecule has 3 aromatic carbocycles. The van der Waals surface area contributed by atoms with Gasteiger partial charge in [-0.15, -0.1) is 11.8 Å². The van der Waals surface area contributed by atoms with Crippen LogP contribution in [0.4, 0.5) is 0 Å². The number of ether oxygens (including phenoxy) is 1. The van der Waals surface area contributed by atoms with Crippen molar-refractivity contribution in [3.05, 3.63) is 112 Å². The summed E-state index contributed by atoms with van der Waals surface area (Å²) in [5, 5.41) is 11.9. The fourth-order valence-corrected chi connectivity index (χ4v) is 6.03. The van der Waals surface area contributed by atoms with E-state index in [4.69, 9.17) is 21.3 Å². The molecule has 2 atom stereocenters. The summed E-state index contributed by atoms with van der Waals surface area (Å²) >= 11 is 7.83. The lowest BCUT2D eigenvalue weighted by molar-refractivity contribution is -0.141. The molecule has 1 N–H and O–H groups in total. The molecule has 212 valence electrons. The molecule has 1 aliphatic carbocycles. The fourth-order valence-electron chi connectivity index (χ4n) is 5.12. The molecule has 0 saturated heterocycles. The maximum absolute atomic E-state index is 12.0. The summed E-state index contributed by atoms with van der Waals surface area (Å²) in [7, 11) is 0. The van der Waals surface area contributed by atoms with Gasteiger partial charge in [0, 0.05) is 22.7 Å². The highest BCUT2D eigenvalue weighted by molar-refractivity contribution is 7.99. The minimum absolute atomic E-state index is 0.0812.